The Morgan fingerprint density at radius 2 is 1.76 bits per heavy atom. The third kappa shape index (κ3) is 4.97. The van der Waals surface area contributed by atoms with Crippen molar-refractivity contribution in [1.82, 2.24) is 0 Å². The molecule has 1 aliphatic heterocycles. The smallest absolute Gasteiger partial charge is 0.0576 e. The standard InChI is InChI=1S/C15H28O2/c16-14(12-13-6-2-1-3-7-13)9-10-15-8-4-5-11-17-15/h13-16H,1-12H2. The Hall–Kier alpha value is -0.0800. The summed E-state index contributed by atoms with van der Waals surface area (Å²) in [5.41, 5.74) is 0. The molecular formula is C15H28O2. The molecule has 0 aromatic heterocycles. The summed E-state index contributed by atoms with van der Waals surface area (Å²) in [5.74, 6) is 0.797. The maximum atomic E-state index is 10.1. The van der Waals surface area contributed by atoms with E-state index in [2.05, 4.69) is 0 Å². The summed E-state index contributed by atoms with van der Waals surface area (Å²) < 4.78 is 5.71. The van der Waals surface area contributed by atoms with Crippen molar-refractivity contribution in [3.63, 3.8) is 0 Å². The average molecular weight is 240 g/mol. The Balaban J connectivity index is 1.57. The van der Waals surface area contributed by atoms with Crippen molar-refractivity contribution < 1.29 is 9.84 Å². The lowest BCUT2D eigenvalue weighted by atomic mass is 9.84. The van der Waals surface area contributed by atoms with Crippen molar-refractivity contribution in [2.75, 3.05) is 6.61 Å². The monoisotopic (exact) mass is 240 g/mol. The van der Waals surface area contributed by atoms with Crippen molar-refractivity contribution in [3.05, 3.63) is 0 Å². The van der Waals surface area contributed by atoms with E-state index in [4.69, 9.17) is 4.74 Å². The molecule has 1 N–H and O–H groups in total. The van der Waals surface area contributed by atoms with Gasteiger partial charge in [-0.25, -0.2) is 0 Å². The minimum Gasteiger partial charge on any atom is -0.393 e. The van der Waals surface area contributed by atoms with Gasteiger partial charge in [0.25, 0.3) is 0 Å². The van der Waals surface area contributed by atoms with E-state index in [0.717, 1.165) is 31.8 Å². The van der Waals surface area contributed by atoms with Gasteiger partial charge in [0, 0.05) is 6.61 Å². The van der Waals surface area contributed by atoms with E-state index in [9.17, 15) is 5.11 Å². The van der Waals surface area contributed by atoms with Crippen molar-refractivity contribution in [2.45, 2.75) is 82.8 Å². The Morgan fingerprint density at radius 1 is 1.00 bits per heavy atom. The molecule has 2 atom stereocenters. The third-order valence-electron chi connectivity index (χ3n) is 4.43. The van der Waals surface area contributed by atoms with Crippen LogP contribution in [0.5, 0.6) is 0 Å². The number of ether oxygens (including phenoxy) is 1. The lowest BCUT2D eigenvalue weighted by molar-refractivity contribution is 0.0000959. The second-order valence-electron chi connectivity index (χ2n) is 5.96. The third-order valence-corrected chi connectivity index (χ3v) is 4.43. The molecule has 0 bridgehead atoms. The van der Waals surface area contributed by atoms with Crippen LogP contribution in [0.15, 0.2) is 0 Å². The van der Waals surface area contributed by atoms with Gasteiger partial charge in [-0.05, 0) is 44.4 Å². The van der Waals surface area contributed by atoms with Crippen LogP contribution in [0.2, 0.25) is 0 Å². The maximum absolute atomic E-state index is 10.1. The van der Waals surface area contributed by atoms with Crippen LogP contribution in [0.1, 0.15) is 70.6 Å². The molecule has 0 amide bonds. The fraction of sp³-hybridized carbons (Fsp3) is 1.00. The fourth-order valence-electron chi connectivity index (χ4n) is 3.34. The van der Waals surface area contributed by atoms with E-state index < -0.39 is 0 Å². The molecule has 0 spiro atoms. The van der Waals surface area contributed by atoms with Crippen LogP contribution < -0.4 is 0 Å². The lowest BCUT2D eigenvalue weighted by Crippen LogP contribution is -2.22. The number of aliphatic hydroxyl groups excluding tert-OH is 1. The summed E-state index contributed by atoms with van der Waals surface area (Å²) in [6.45, 7) is 0.934. The second kappa shape index (κ2) is 7.38. The van der Waals surface area contributed by atoms with Gasteiger partial charge in [-0.2, -0.15) is 0 Å². The zero-order chi connectivity index (χ0) is 11.9. The molecule has 2 unspecified atom stereocenters. The largest absolute Gasteiger partial charge is 0.393 e. The molecule has 0 aromatic carbocycles. The second-order valence-corrected chi connectivity index (χ2v) is 5.96. The van der Waals surface area contributed by atoms with Crippen molar-refractivity contribution in [2.24, 2.45) is 5.92 Å². The predicted molar refractivity (Wildman–Crippen MR) is 70.0 cm³/mol. The summed E-state index contributed by atoms with van der Waals surface area (Å²) in [5, 5.41) is 10.1. The van der Waals surface area contributed by atoms with Crippen LogP contribution in [0.3, 0.4) is 0 Å². The zero-order valence-electron chi connectivity index (χ0n) is 11.1. The van der Waals surface area contributed by atoms with Crippen LogP contribution in [0.25, 0.3) is 0 Å². The van der Waals surface area contributed by atoms with Crippen molar-refractivity contribution in [3.8, 4) is 0 Å². The van der Waals surface area contributed by atoms with Gasteiger partial charge < -0.3 is 9.84 Å². The molecule has 17 heavy (non-hydrogen) atoms. The first-order valence-electron chi connectivity index (χ1n) is 7.64. The molecule has 1 saturated carbocycles. The maximum Gasteiger partial charge on any atom is 0.0576 e. The molecule has 2 nitrogen and oxygen atoms in total. The van der Waals surface area contributed by atoms with Gasteiger partial charge in [-0.3, -0.25) is 0 Å². The Labute approximate surface area is 106 Å². The van der Waals surface area contributed by atoms with Gasteiger partial charge in [-0.1, -0.05) is 32.1 Å². The summed E-state index contributed by atoms with van der Waals surface area (Å²) in [6.07, 6.45) is 14.0. The highest BCUT2D eigenvalue weighted by Gasteiger charge is 2.19. The van der Waals surface area contributed by atoms with Crippen LogP contribution in [0, 0.1) is 5.92 Å². The highest BCUT2D eigenvalue weighted by molar-refractivity contribution is 4.72. The molecule has 2 heteroatoms. The van der Waals surface area contributed by atoms with E-state index >= 15 is 0 Å². The van der Waals surface area contributed by atoms with Crippen molar-refractivity contribution in [1.29, 1.82) is 0 Å². The highest BCUT2D eigenvalue weighted by Crippen LogP contribution is 2.28. The SMILES string of the molecule is OC(CCC1CCCCO1)CC1CCCCC1. The lowest BCUT2D eigenvalue weighted by Gasteiger charge is -2.26. The summed E-state index contributed by atoms with van der Waals surface area (Å²) in [4.78, 5) is 0. The van der Waals surface area contributed by atoms with Crippen LogP contribution in [-0.4, -0.2) is 23.9 Å². The normalized spacial score (nSPS) is 29.1. The van der Waals surface area contributed by atoms with E-state index in [1.165, 1.54) is 51.4 Å². The van der Waals surface area contributed by atoms with Crippen LogP contribution in [0.4, 0.5) is 0 Å². The van der Waals surface area contributed by atoms with Gasteiger partial charge in [-0.15, -0.1) is 0 Å². The number of aliphatic hydroxyl groups is 1. The first-order valence-corrected chi connectivity index (χ1v) is 7.64. The highest BCUT2D eigenvalue weighted by atomic mass is 16.5. The predicted octanol–water partition coefficient (Wildman–Crippen LogP) is 3.67. The molecule has 2 fully saturated rings. The number of hydrogen-bond acceptors (Lipinski definition) is 2. The molecular weight excluding hydrogens is 212 g/mol. The van der Waals surface area contributed by atoms with Crippen molar-refractivity contribution >= 4 is 0 Å². The zero-order valence-corrected chi connectivity index (χ0v) is 11.1. The molecule has 0 aromatic rings. The summed E-state index contributed by atoms with van der Waals surface area (Å²) in [6, 6.07) is 0. The molecule has 1 saturated heterocycles. The molecule has 2 rings (SSSR count). The minimum absolute atomic E-state index is 0.0800. The number of rotatable bonds is 5. The van der Waals surface area contributed by atoms with Gasteiger partial charge >= 0.3 is 0 Å². The minimum atomic E-state index is -0.0800. The van der Waals surface area contributed by atoms with Crippen LogP contribution in [-0.2, 0) is 4.74 Å². The van der Waals surface area contributed by atoms with E-state index in [0.29, 0.717) is 6.10 Å². The van der Waals surface area contributed by atoms with E-state index in [1.807, 2.05) is 0 Å². The summed E-state index contributed by atoms with van der Waals surface area (Å²) >= 11 is 0. The quantitative estimate of drug-likeness (QED) is 0.794. The topological polar surface area (TPSA) is 29.5 Å². The van der Waals surface area contributed by atoms with Gasteiger partial charge in [0.05, 0.1) is 12.2 Å². The molecule has 2 aliphatic rings. The Morgan fingerprint density at radius 3 is 2.47 bits per heavy atom. The first-order chi connectivity index (χ1) is 8.34. The van der Waals surface area contributed by atoms with Gasteiger partial charge in [0.15, 0.2) is 0 Å². The fourth-order valence-corrected chi connectivity index (χ4v) is 3.34. The molecule has 100 valence electrons. The van der Waals surface area contributed by atoms with E-state index in [1.54, 1.807) is 0 Å². The summed E-state index contributed by atoms with van der Waals surface area (Å²) in [7, 11) is 0. The Kier molecular flexibility index (Phi) is 5.79. The van der Waals surface area contributed by atoms with Crippen LogP contribution >= 0.6 is 0 Å². The van der Waals surface area contributed by atoms with Gasteiger partial charge in [0.1, 0.15) is 0 Å². The molecule has 1 heterocycles. The molecule has 1 aliphatic carbocycles. The Bertz CT molecular complexity index is 193. The first kappa shape index (κ1) is 13.4. The average Bonchev–Trinajstić information content (AvgIpc) is 2.39. The van der Waals surface area contributed by atoms with Gasteiger partial charge in [0.2, 0.25) is 0 Å². The molecule has 0 radical (unpaired) electrons. The number of hydrogen-bond donors (Lipinski definition) is 1. The van der Waals surface area contributed by atoms with E-state index in [-0.39, 0.29) is 6.10 Å².